The van der Waals surface area contributed by atoms with E-state index in [0.717, 1.165) is 87.5 Å². The molecule has 2 N–H and O–H groups in total. The molecule has 1 aromatic heterocycles. The Bertz CT molecular complexity index is 1190. The Morgan fingerprint density at radius 3 is 2.38 bits per heavy atom. The lowest BCUT2D eigenvalue weighted by Crippen LogP contribution is -2.58. The first-order valence-electron chi connectivity index (χ1n) is 13.7. The van der Waals surface area contributed by atoms with Crippen LogP contribution in [-0.2, 0) is 4.74 Å². The zero-order valence-corrected chi connectivity index (χ0v) is 22.4. The number of aromatic nitrogens is 2. The third-order valence-electron chi connectivity index (χ3n) is 8.41. The van der Waals surface area contributed by atoms with Gasteiger partial charge in [-0.3, -0.25) is 14.8 Å². The van der Waals surface area contributed by atoms with Crippen LogP contribution in [0.1, 0.15) is 37.0 Å². The van der Waals surface area contributed by atoms with Gasteiger partial charge in [-0.1, -0.05) is 26.0 Å². The zero-order chi connectivity index (χ0) is 25.8. The number of carbonyl (C=O) groups excluding carboxylic acids is 1. The van der Waals surface area contributed by atoms with Gasteiger partial charge in [0.05, 0.1) is 24.4 Å². The number of likely N-dealkylation sites (N-methyl/N-ethyl adjacent to an activating group) is 1. The molecule has 3 aromatic rings. The average molecular weight is 505 g/mol. The monoisotopic (exact) mass is 504 g/mol. The standard InChI is InChI=1S/C29H40N6O2/c1-4-29(5-2,35-16-18-37-19-17-35)21-30-28(36)23-8-11-26-25(20-23)27(32-31-26)22-6-9-24(10-7-22)34-14-12-33(3)13-15-34/h6-11,20H,4-5,12-19,21H2,1-3H3,(H,30,36)(H,31,32). The van der Waals surface area contributed by atoms with Crippen LogP contribution in [0.4, 0.5) is 5.69 Å². The molecule has 0 aliphatic carbocycles. The second kappa shape index (κ2) is 11.2. The molecule has 2 aliphatic rings. The number of nitrogens with one attached hydrogen (secondary N) is 2. The molecule has 2 aromatic carbocycles. The number of hydrogen-bond donors (Lipinski definition) is 2. The van der Waals surface area contributed by atoms with Gasteiger partial charge in [0.1, 0.15) is 0 Å². The largest absolute Gasteiger partial charge is 0.379 e. The van der Waals surface area contributed by atoms with E-state index in [9.17, 15) is 4.79 Å². The Morgan fingerprint density at radius 2 is 1.70 bits per heavy atom. The van der Waals surface area contributed by atoms with Crippen LogP contribution in [0.3, 0.4) is 0 Å². The molecule has 0 atom stereocenters. The number of benzene rings is 2. The number of ether oxygens (including phenoxy) is 1. The fourth-order valence-corrected chi connectivity index (χ4v) is 5.71. The van der Waals surface area contributed by atoms with E-state index in [2.05, 4.69) is 75.4 Å². The Balaban J connectivity index is 1.31. The highest BCUT2D eigenvalue weighted by Gasteiger charge is 2.34. The van der Waals surface area contributed by atoms with E-state index in [1.165, 1.54) is 5.69 Å². The predicted molar refractivity (Wildman–Crippen MR) is 149 cm³/mol. The van der Waals surface area contributed by atoms with E-state index in [0.29, 0.717) is 12.1 Å². The lowest BCUT2D eigenvalue weighted by molar-refractivity contribution is -0.0254. The van der Waals surface area contributed by atoms with E-state index in [1.54, 1.807) is 0 Å². The fraction of sp³-hybridized carbons (Fsp3) is 0.517. The molecule has 2 fully saturated rings. The van der Waals surface area contributed by atoms with Gasteiger partial charge in [0.15, 0.2) is 0 Å². The third kappa shape index (κ3) is 5.37. The quantitative estimate of drug-likeness (QED) is 0.488. The lowest BCUT2D eigenvalue weighted by Gasteiger charge is -2.45. The van der Waals surface area contributed by atoms with Crippen LogP contribution < -0.4 is 10.2 Å². The lowest BCUT2D eigenvalue weighted by atomic mass is 9.89. The summed E-state index contributed by atoms with van der Waals surface area (Å²) in [6.07, 6.45) is 1.97. The topological polar surface area (TPSA) is 76.7 Å². The summed E-state index contributed by atoms with van der Waals surface area (Å²) in [5, 5.41) is 11.9. The van der Waals surface area contributed by atoms with Crippen LogP contribution >= 0.6 is 0 Å². The van der Waals surface area contributed by atoms with Crippen molar-refractivity contribution >= 4 is 22.5 Å². The number of amides is 1. The van der Waals surface area contributed by atoms with Crippen LogP contribution in [-0.4, -0.2) is 97.5 Å². The Kier molecular flexibility index (Phi) is 7.79. The molecule has 0 radical (unpaired) electrons. The maximum Gasteiger partial charge on any atom is 0.251 e. The molecule has 0 saturated carbocycles. The molecule has 37 heavy (non-hydrogen) atoms. The molecule has 0 unspecified atom stereocenters. The number of nitrogens with zero attached hydrogens (tertiary/aromatic N) is 4. The molecule has 3 heterocycles. The molecule has 0 spiro atoms. The fourth-order valence-electron chi connectivity index (χ4n) is 5.71. The molecule has 198 valence electrons. The van der Waals surface area contributed by atoms with E-state index in [1.807, 2.05) is 18.2 Å². The van der Waals surface area contributed by atoms with Gasteiger partial charge in [0.2, 0.25) is 0 Å². The number of morpholine rings is 1. The first-order chi connectivity index (χ1) is 18.0. The maximum absolute atomic E-state index is 13.3. The van der Waals surface area contributed by atoms with E-state index < -0.39 is 0 Å². The molecular formula is C29H40N6O2. The highest BCUT2D eigenvalue weighted by molar-refractivity contribution is 6.01. The van der Waals surface area contributed by atoms with Gasteiger partial charge in [0.25, 0.3) is 5.91 Å². The Morgan fingerprint density at radius 1 is 1.00 bits per heavy atom. The van der Waals surface area contributed by atoms with Gasteiger partial charge >= 0.3 is 0 Å². The number of hydrogen-bond acceptors (Lipinski definition) is 6. The number of rotatable bonds is 8. The van der Waals surface area contributed by atoms with Crippen molar-refractivity contribution in [1.29, 1.82) is 0 Å². The molecule has 2 saturated heterocycles. The minimum Gasteiger partial charge on any atom is -0.379 e. The van der Waals surface area contributed by atoms with Crippen LogP contribution in [0, 0.1) is 0 Å². The summed E-state index contributed by atoms with van der Waals surface area (Å²) < 4.78 is 5.56. The number of anilines is 1. The van der Waals surface area contributed by atoms with Crippen LogP contribution in [0.2, 0.25) is 0 Å². The van der Waals surface area contributed by atoms with Crippen molar-refractivity contribution in [2.24, 2.45) is 0 Å². The second-order valence-corrected chi connectivity index (χ2v) is 10.4. The van der Waals surface area contributed by atoms with Crippen molar-refractivity contribution in [2.45, 2.75) is 32.2 Å². The number of fused-ring (bicyclic) bond motifs is 1. The maximum atomic E-state index is 13.3. The first kappa shape index (κ1) is 25.7. The van der Waals surface area contributed by atoms with E-state index in [-0.39, 0.29) is 11.4 Å². The van der Waals surface area contributed by atoms with Crippen LogP contribution in [0.5, 0.6) is 0 Å². The van der Waals surface area contributed by atoms with Gasteiger partial charge in [0, 0.05) is 73.6 Å². The number of carbonyl (C=O) groups is 1. The minimum absolute atomic E-state index is 0.0426. The molecule has 8 nitrogen and oxygen atoms in total. The molecule has 1 amide bonds. The first-order valence-corrected chi connectivity index (χ1v) is 13.7. The third-order valence-corrected chi connectivity index (χ3v) is 8.41. The summed E-state index contributed by atoms with van der Waals surface area (Å²) in [5.74, 6) is -0.0426. The SMILES string of the molecule is CCC(CC)(CNC(=O)c1ccc2[nH]nc(-c3ccc(N4CCN(C)CC4)cc3)c2c1)N1CCOCC1. The van der Waals surface area contributed by atoms with Crippen LogP contribution in [0.15, 0.2) is 42.5 Å². The van der Waals surface area contributed by atoms with Crippen molar-refractivity contribution in [3.05, 3.63) is 48.0 Å². The van der Waals surface area contributed by atoms with E-state index in [4.69, 9.17) is 4.74 Å². The predicted octanol–water partition coefficient (Wildman–Crippen LogP) is 3.60. The Hall–Kier alpha value is -2.94. The summed E-state index contributed by atoms with van der Waals surface area (Å²) in [4.78, 5) is 20.5. The highest BCUT2D eigenvalue weighted by Crippen LogP contribution is 2.29. The highest BCUT2D eigenvalue weighted by atomic mass is 16.5. The van der Waals surface area contributed by atoms with Crippen molar-refractivity contribution in [3.8, 4) is 11.3 Å². The van der Waals surface area contributed by atoms with Crippen molar-refractivity contribution in [2.75, 3.05) is 71.0 Å². The molecule has 2 aliphatic heterocycles. The molecule has 8 heteroatoms. The normalized spacial score (nSPS) is 17.9. The van der Waals surface area contributed by atoms with Gasteiger partial charge < -0.3 is 19.9 Å². The number of aromatic amines is 1. The van der Waals surface area contributed by atoms with Gasteiger partial charge in [-0.15, -0.1) is 0 Å². The number of piperazine rings is 1. The van der Waals surface area contributed by atoms with Crippen LogP contribution in [0.25, 0.3) is 22.2 Å². The van der Waals surface area contributed by atoms with Crippen molar-refractivity contribution in [1.82, 2.24) is 25.3 Å². The minimum atomic E-state index is -0.0458. The van der Waals surface area contributed by atoms with Gasteiger partial charge in [-0.25, -0.2) is 0 Å². The molecular weight excluding hydrogens is 464 g/mol. The summed E-state index contributed by atoms with van der Waals surface area (Å²) in [5.41, 5.74) is 4.71. The van der Waals surface area contributed by atoms with E-state index >= 15 is 0 Å². The summed E-state index contributed by atoms with van der Waals surface area (Å²) in [7, 11) is 2.17. The van der Waals surface area contributed by atoms with Gasteiger partial charge in [-0.05, 0) is 50.2 Å². The smallest absolute Gasteiger partial charge is 0.251 e. The average Bonchev–Trinajstić information content (AvgIpc) is 3.38. The summed E-state index contributed by atoms with van der Waals surface area (Å²) in [6.45, 7) is 12.6. The summed E-state index contributed by atoms with van der Waals surface area (Å²) >= 11 is 0. The van der Waals surface area contributed by atoms with Crippen molar-refractivity contribution in [3.63, 3.8) is 0 Å². The van der Waals surface area contributed by atoms with Gasteiger partial charge in [-0.2, -0.15) is 5.10 Å². The zero-order valence-electron chi connectivity index (χ0n) is 22.4. The number of H-pyrrole nitrogens is 1. The van der Waals surface area contributed by atoms with Crippen molar-refractivity contribution < 1.29 is 9.53 Å². The Labute approximate surface area is 219 Å². The second-order valence-electron chi connectivity index (χ2n) is 10.4. The molecule has 0 bridgehead atoms. The summed E-state index contributed by atoms with van der Waals surface area (Å²) in [6, 6.07) is 14.4. The molecule has 5 rings (SSSR count).